The monoisotopic (exact) mass is 385 g/mol. The van der Waals surface area contributed by atoms with Crippen molar-refractivity contribution in [2.24, 2.45) is 0 Å². The largest absolute Gasteiger partial charge is 0.484 e. The number of hydrogen-bond acceptors (Lipinski definition) is 4. The summed E-state index contributed by atoms with van der Waals surface area (Å²) in [5.41, 5.74) is 0. The second kappa shape index (κ2) is 9.73. The van der Waals surface area contributed by atoms with Gasteiger partial charge in [0.1, 0.15) is 11.6 Å². The molecule has 1 aromatic rings. The predicted molar refractivity (Wildman–Crippen MR) is 97.9 cm³/mol. The summed E-state index contributed by atoms with van der Waals surface area (Å²) in [5, 5.41) is 3.27. The summed E-state index contributed by atoms with van der Waals surface area (Å²) in [6.45, 7) is 2.96. The first-order valence-electron chi connectivity index (χ1n) is 8.82. The van der Waals surface area contributed by atoms with Crippen LogP contribution >= 0.6 is 12.4 Å². The van der Waals surface area contributed by atoms with Crippen molar-refractivity contribution in [2.45, 2.75) is 25.3 Å². The highest BCUT2D eigenvalue weighted by molar-refractivity contribution is 5.85. The van der Waals surface area contributed by atoms with Crippen molar-refractivity contribution >= 4 is 24.2 Å². The molecular formula is C18H25ClFN3O3. The number of nitrogens with zero attached hydrogens (tertiary/aromatic N) is 2. The highest BCUT2D eigenvalue weighted by atomic mass is 35.5. The first kappa shape index (κ1) is 20.5. The predicted octanol–water partition coefficient (Wildman–Crippen LogP) is 1.44. The number of piperidine rings is 1. The van der Waals surface area contributed by atoms with E-state index in [0.29, 0.717) is 31.9 Å². The first-order valence-corrected chi connectivity index (χ1v) is 8.82. The maximum absolute atomic E-state index is 12.8. The molecule has 6 nitrogen and oxygen atoms in total. The van der Waals surface area contributed by atoms with E-state index in [4.69, 9.17) is 4.74 Å². The normalized spacial score (nSPS) is 20.3. The zero-order valence-corrected chi connectivity index (χ0v) is 15.5. The molecule has 2 aliphatic rings. The smallest absolute Gasteiger partial charge is 0.260 e. The molecule has 0 bridgehead atoms. The number of ether oxygens (including phenoxy) is 1. The van der Waals surface area contributed by atoms with Gasteiger partial charge in [0.2, 0.25) is 5.91 Å². The average molecular weight is 386 g/mol. The number of hydrogen-bond donors (Lipinski definition) is 1. The SMILES string of the molecule is Cl.O=C(COc1ccc(F)cc1)N1CCN(C(=O)C2CCCCN2)CC1. The Morgan fingerprint density at radius 3 is 2.35 bits per heavy atom. The van der Waals surface area contributed by atoms with Gasteiger partial charge in [0.25, 0.3) is 5.91 Å². The van der Waals surface area contributed by atoms with E-state index in [1.54, 1.807) is 4.90 Å². The molecule has 2 saturated heterocycles. The quantitative estimate of drug-likeness (QED) is 0.852. The van der Waals surface area contributed by atoms with E-state index in [1.807, 2.05) is 4.90 Å². The van der Waals surface area contributed by atoms with Crippen molar-refractivity contribution in [3.05, 3.63) is 30.1 Å². The molecule has 3 rings (SSSR count). The molecule has 26 heavy (non-hydrogen) atoms. The average Bonchev–Trinajstić information content (AvgIpc) is 2.67. The van der Waals surface area contributed by atoms with Crippen LogP contribution in [0.25, 0.3) is 0 Å². The van der Waals surface area contributed by atoms with Crippen LogP contribution in [-0.2, 0) is 9.59 Å². The van der Waals surface area contributed by atoms with Gasteiger partial charge < -0.3 is 19.9 Å². The number of piperazine rings is 1. The Bertz CT molecular complexity index is 600. The number of rotatable bonds is 4. The summed E-state index contributed by atoms with van der Waals surface area (Å²) in [4.78, 5) is 28.3. The zero-order chi connectivity index (χ0) is 17.6. The summed E-state index contributed by atoms with van der Waals surface area (Å²) in [7, 11) is 0. The van der Waals surface area contributed by atoms with E-state index in [-0.39, 0.29) is 42.7 Å². The maximum Gasteiger partial charge on any atom is 0.260 e. The molecule has 8 heteroatoms. The van der Waals surface area contributed by atoms with Gasteiger partial charge in [0.05, 0.1) is 6.04 Å². The number of amides is 2. The number of carbonyl (C=O) groups excluding carboxylic acids is 2. The molecule has 2 aliphatic heterocycles. The summed E-state index contributed by atoms with van der Waals surface area (Å²) in [6.07, 6.45) is 3.10. The lowest BCUT2D eigenvalue weighted by molar-refractivity contribution is -0.142. The number of nitrogens with one attached hydrogen (secondary N) is 1. The first-order chi connectivity index (χ1) is 12.1. The molecule has 0 aromatic heterocycles. The molecular weight excluding hydrogens is 361 g/mol. The Kier molecular flexibility index (Phi) is 7.66. The van der Waals surface area contributed by atoms with Gasteiger partial charge in [-0.15, -0.1) is 12.4 Å². The van der Waals surface area contributed by atoms with Crippen LogP contribution in [0.4, 0.5) is 4.39 Å². The van der Waals surface area contributed by atoms with Crippen LogP contribution in [0, 0.1) is 5.82 Å². The number of benzene rings is 1. The topological polar surface area (TPSA) is 61.9 Å². The van der Waals surface area contributed by atoms with Gasteiger partial charge >= 0.3 is 0 Å². The minimum absolute atomic E-state index is 0. The van der Waals surface area contributed by atoms with E-state index in [0.717, 1.165) is 25.8 Å². The molecule has 0 radical (unpaired) electrons. The molecule has 1 atom stereocenters. The van der Waals surface area contributed by atoms with E-state index >= 15 is 0 Å². The number of carbonyl (C=O) groups is 2. The highest BCUT2D eigenvalue weighted by Crippen LogP contribution is 2.13. The summed E-state index contributed by atoms with van der Waals surface area (Å²) >= 11 is 0. The lowest BCUT2D eigenvalue weighted by Crippen LogP contribution is -2.56. The lowest BCUT2D eigenvalue weighted by Gasteiger charge is -2.37. The van der Waals surface area contributed by atoms with E-state index in [1.165, 1.54) is 24.3 Å². The highest BCUT2D eigenvalue weighted by Gasteiger charge is 2.29. The van der Waals surface area contributed by atoms with Gasteiger partial charge in [0.15, 0.2) is 6.61 Å². The fourth-order valence-corrected chi connectivity index (χ4v) is 3.23. The Hall–Kier alpha value is -1.86. The molecule has 0 spiro atoms. The second-order valence-corrected chi connectivity index (χ2v) is 6.45. The molecule has 2 amide bonds. The molecule has 1 unspecified atom stereocenters. The standard InChI is InChI=1S/C18H24FN3O3.ClH/c19-14-4-6-15(7-5-14)25-13-17(23)21-9-11-22(12-10-21)18(24)16-3-1-2-8-20-16;/h4-7,16,20H,1-3,8-13H2;1H. The molecule has 1 aromatic carbocycles. The third-order valence-corrected chi connectivity index (χ3v) is 4.73. The molecule has 0 saturated carbocycles. The molecule has 1 N–H and O–H groups in total. The number of halogens is 2. The Morgan fingerprint density at radius 1 is 1.08 bits per heavy atom. The van der Waals surface area contributed by atoms with E-state index in [2.05, 4.69) is 5.32 Å². The van der Waals surface area contributed by atoms with Crippen LogP contribution in [0.15, 0.2) is 24.3 Å². The maximum atomic E-state index is 12.8. The van der Waals surface area contributed by atoms with Crippen molar-refractivity contribution in [3.63, 3.8) is 0 Å². The second-order valence-electron chi connectivity index (χ2n) is 6.45. The molecule has 0 aliphatic carbocycles. The lowest BCUT2D eigenvalue weighted by atomic mass is 10.0. The Morgan fingerprint density at radius 2 is 1.73 bits per heavy atom. The van der Waals surface area contributed by atoms with E-state index in [9.17, 15) is 14.0 Å². The molecule has 2 fully saturated rings. The Labute approximate surface area is 159 Å². The van der Waals surface area contributed by atoms with Crippen molar-refractivity contribution < 1.29 is 18.7 Å². The Balaban J connectivity index is 0.00000243. The summed E-state index contributed by atoms with van der Waals surface area (Å²) in [6, 6.07) is 5.51. The zero-order valence-electron chi connectivity index (χ0n) is 14.7. The summed E-state index contributed by atoms with van der Waals surface area (Å²) < 4.78 is 18.2. The third kappa shape index (κ3) is 5.32. The van der Waals surface area contributed by atoms with E-state index < -0.39 is 0 Å². The van der Waals surface area contributed by atoms with Crippen LogP contribution < -0.4 is 10.1 Å². The van der Waals surface area contributed by atoms with Crippen molar-refractivity contribution in [3.8, 4) is 5.75 Å². The van der Waals surface area contributed by atoms with Gasteiger partial charge in [-0.2, -0.15) is 0 Å². The van der Waals surface area contributed by atoms with Crippen molar-refractivity contribution in [2.75, 3.05) is 39.3 Å². The minimum Gasteiger partial charge on any atom is -0.484 e. The van der Waals surface area contributed by atoms with Crippen LogP contribution in [0.1, 0.15) is 19.3 Å². The van der Waals surface area contributed by atoms with Gasteiger partial charge in [-0.1, -0.05) is 6.42 Å². The van der Waals surface area contributed by atoms with Crippen LogP contribution in [-0.4, -0.2) is 67.0 Å². The van der Waals surface area contributed by atoms with Gasteiger partial charge in [-0.3, -0.25) is 9.59 Å². The van der Waals surface area contributed by atoms with Gasteiger partial charge in [0, 0.05) is 26.2 Å². The molecule has 2 heterocycles. The van der Waals surface area contributed by atoms with Crippen molar-refractivity contribution in [1.29, 1.82) is 0 Å². The minimum atomic E-state index is -0.341. The van der Waals surface area contributed by atoms with Gasteiger partial charge in [-0.25, -0.2) is 4.39 Å². The van der Waals surface area contributed by atoms with Gasteiger partial charge in [-0.05, 0) is 43.7 Å². The fourth-order valence-electron chi connectivity index (χ4n) is 3.23. The fraction of sp³-hybridized carbons (Fsp3) is 0.556. The van der Waals surface area contributed by atoms with Crippen LogP contribution in [0.3, 0.4) is 0 Å². The summed E-state index contributed by atoms with van der Waals surface area (Å²) in [5.74, 6) is 0.153. The molecule has 144 valence electrons. The van der Waals surface area contributed by atoms with Crippen LogP contribution in [0.5, 0.6) is 5.75 Å². The third-order valence-electron chi connectivity index (χ3n) is 4.73. The van der Waals surface area contributed by atoms with Crippen molar-refractivity contribution in [1.82, 2.24) is 15.1 Å². The van der Waals surface area contributed by atoms with Crippen LogP contribution in [0.2, 0.25) is 0 Å².